The van der Waals surface area contributed by atoms with E-state index in [1.54, 1.807) is 0 Å². The molecule has 4 nitrogen and oxygen atoms in total. The third-order valence-corrected chi connectivity index (χ3v) is 5.70. The zero-order valence-electron chi connectivity index (χ0n) is 16.6. The zero-order chi connectivity index (χ0) is 18.3. The topological polar surface area (TPSA) is 49.8 Å². The minimum atomic E-state index is -0.463. The van der Waals surface area contributed by atoms with Crippen molar-refractivity contribution in [1.29, 1.82) is 0 Å². The number of hydrogen-bond acceptors (Lipinski definition) is 3. The molecule has 0 aromatic rings. The first-order valence-electron chi connectivity index (χ1n) is 10.6. The van der Waals surface area contributed by atoms with E-state index in [0.29, 0.717) is 0 Å². The van der Waals surface area contributed by atoms with E-state index in [2.05, 4.69) is 0 Å². The van der Waals surface area contributed by atoms with Crippen LogP contribution in [0.4, 0.5) is 4.79 Å². The lowest BCUT2D eigenvalue weighted by Crippen LogP contribution is -2.46. The smallest absolute Gasteiger partial charge is 0.410 e. The third kappa shape index (κ3) is 6.80. The molecule has 1 aliphatic heterocycles. The van der Waals surface area contributed by atoms with Gasteiger partial charge in [0.1, 0.15) is 5.60 Å². The molecule has 1 amide bonds. The minimum Gasteiger partial charge on any atom is -0.444 e. The zero-order valence-corrected chi connectivity index (χ0v) is 16.6. The van der Waals surface area contributed by atoms with Crippen LogP contribution >= 0.6 is 0 Å². The van der Waals surface area contributed by atoms with E-state index < -0.39 is 5.60 Å². The lowest BCUT2D eigenvalue weighted by atomic mass is 9.84. The maximum atomic E-state index is 12.6. The highest BCUT2D eigenvalue weighted by molar-refractivity contribution is 5.69. The Hall–Kier alpha value is -0.770. The fourth-order valence-electron chi connectivity index (χ4n) is 4.43. The molecule has 1 saturated carbocycles. The second kappa shape index (κ2) is 9.80. The number of hydrogen-bond donors (Lipinski definition) is 1. The van der Waals surface area contributed by atoms with Crippen molar-refractivity contribution in [1.82, 2.24) is 4.90 Å². The number of ether oxygens (including phenoxy) is 1. The summed E-state index contributed by atoms with van der Waals surface area (Å²) in [5.74, 6) is 0.203. The average molecular weight is 354 g/mol. The molecule has 1 saturated heterocycles. The van der Waals surface area contributed by atoms with Crippen molar-refractivity contribution >= 4 is 6.09 Å². The van der Waals surface area contributed by atoms with Gasteiger partial charge in [0.05, 0.1) is 6.10 Å². The van der Waals surface area contributed by atoms with Gasteiger partial charge in [-0.1, -0.05) is 51.4 Å². The van der Waals surface area contributed by atoms with Crippen LogP contribution in [0.5, 0.6) is 0 Å². The Bertz CT molecular complexity index is 404. The van der Waals surface area contributed by atoms with E-state index in [9.17, 15) is 9.90 Å². The van der Waals surface area contributed by atoms with Crippen molar-refractivity contribution in [2.45, 2.75) is 116 Å². The third-order valence-electron chi connectivity index (χ3n) is 5.70. The summed E-state index contributed by atoms with van der Waals surface area (Å²) in [5, 5.41) is 10.9. The molecular weight excluding hydrogens is 314 g/mol. The van der Waals surface area contributed by atoms with Crippen molar-refractivity contribution in [2.24, 2.45) is 5.92 Å². The van der Waals surface area contributed by atoms with Gasteiger partial charge >= 0.3 is 6.09 Å². The summed E-state index contributed by atoms with van der Waals surface area (Å²) in [6, 6.07) is 0.146. The van der Waals surface area contributed by atoms with Crippen molar-refractivity contribution in [3.05, 3.63) is 0 Å². The van der Waals surface area contributed by atoms with Crippen LogP contribution in [0, 0.1) is 5.92 Å². The summed E-state index contributed by atoms with van der Waals surface area (Å²) < 4.78 is 5.62. The van der Waals surface area contributed by atoms with Crippen molar-refractivity contribution in [2.75, 3.05) is 6.54 Å². The SMILES string of the molecule is CC(C)(C)OC(=O)N1CCCC1C1CCCCCCCCCCC1O. The Kier molecular flexibility index (Phi) is 8.05. The highest BCUT2D eigenvalue weighted by Gasteiger charge is 2.39. The fraction of sp³-hybridized carbons (Fsp3) is 0.952. The molecule has 2 rings (SSSR count). The molecule has 2 aliphatic rings. The van der Waals surface area contributed by atoms with Crippen LogP contribution < -0.4 is 0 Å². The van der Waals surface area contributed by atoms with Gasteiger partial charge in [0.25, 0.3) is 0 Å². The summed E-state index contributed by atoms with van der Waals surface area (Å²) in [7, 11) is 0. The van der Waals surface area contributed by atoms with Gasteiger partial charge in [0, 0.05) is 18.5 Å². The molecule has 3 atom stereocenters. The van der Waals surface area contributed by atoms with E-state index in [0.717, 1.165) is 38.6 Å². The molecule has 146 valence electrons. The number of amides is 1. The number of carbonyl (C=O) groups excluding carboxylic acids is 1. The quantitative estimate of drug-likeness (QED) is 0.698. The van der Waals surface area contributed by atoms with Crippen LogP contribution in [0.1, 0.15) is 97.8 Å². The molecule has 1 aliphatic carbocycles. The summed E-state index contributed by atoms with van der Waals surface area (Å²) in [4.78, 5) is 14.5. The number of likely N-dealkylation sites (tertiary alicyclic amines) is 1. The van der Waals surface area contributed by atoms with Crippen molar-refractivity contribution in [3.8, 4) is 0 Å². The Balaban J connectivity index is 2.02. The summed E-state index contributed by atoms with van der Waals surface area (Å²) >= 11 is 0. The van der Waals surface area contributed by atoms with Crippen LogP contribution in [-0.4, -0.2) is 40.4 Å². The second-order valence-electron chi connectivity index (χ2n) is 9.02. The van der Waals surface area contributed by atoms with Crippen LogP contribution in [0.2, 0.25) is 0 Å². The predicted molar refractivity (Wildman–Crippen MR) is 102 cm³/mol. The van der Waals surface area contributed by atoms with E-state index >= 15 is 0 Å². The molecular formula is C21H39NO3. The summed E-state index contributed by atoms with van der Waals surface area (Å²) in [6.45, 7) is 6.52. The van der Waals surface area contributed by atoms with Gasteiger partial charge in [-0.25, -0.2) is 4.79 Å². The Morgan fingerprint density at radius 2 is 1.44 bits per heavy atom. The molecule has 3 unspecified atom stereocenters. The first-order chi connectivity index (χ1) is 11.9. The van der Waals surface area contributed by atoms with E-state index in [1.165, 1.54) is 44.9 Å². The molecule has 0 bridgehead atoms. The van der Waals surface area contributed by atoms with Crippen molar-refractivity contribution < 1.29 is 14.6 Å². The average Bonchev–Trinajstić information content (AvgIpc) is 2.98. The largest absolute Gasteiger partial charge is 0.444 e. The molecule has 0 aromatic carbocycles. The Morgan fingerprint density at radius 1 is 0.880 bits per heavy atom. The van der Waals surface area contributed by atoms with Gasteiger partial charge in [0.15, 0.2) is 0 Å². The van der Waals surface area contributed by atoms with Crippen LogP contribution in [-0.2, 0) is 4.74 Å². The summed E-state index contributed by atoms with van der Waals surface area (Å²) in [6.07, 6.45) is 13.5. The first-order valence-corrected chi connectivity index (χ1v) is 10.6. The minimum absolute atomic E-state index is 0.146. The van der Waals surface area contributed by atoms with Gasteiger partial charge in [-0.3, -0.25) is 0 Å². The highest BCUT2D eigenvalue weighted by Crippen LogP contribution is 2.33. The van der Waals surface area contributed by atoms with Crippen molar-refractivity contribution in [3.63, 3.8) is 0 Å². The lowest BCUT2D eigenvalue weighted by Gasteiger charge is -2.36. The molecule has 0 aromatic heterocycles. The number of nitrogens with zero attached hydrogens (tertiary/aromatic N) is 1. The number of aliphatic hydroxyl groups excluding tert-OH is 1. The maximum absolute atomic E-state index is 12.6. The molecule has 0 spiro atoms. The molecule has 1 N–H and O–H groups in total. The fourth-order valence-corrected chi connectivity index (χ4v) is 4.43. The van der Waals surface area contributed by atoms with Gasteiger partial charge in [-0.15, -0.1) is 0 Å². The number of carbonyl (C=O) groups is 1. The number of aliphatic hydroxyl groups is 1. The lowest BCUT2D eigenvalue weighted by molar-refractivity contribution is 0.000432. The van der Waals surface area contributed by atoms with Gasteiger partial charge in [-0.2, -0.15) is 0 Å². The van der Waals surface area contributed by atoms with E-state index in [1.807, 2.05) is 25.7 Å². The first kappa shape index (κ1) is 20.5. The molecule has 0 radical (unpaired) electrons. The highest BCUT2D eigenvalue weighted by atomic mass is 16.6. The van der Waals surface area contributed by atoms with Gasteiger partial charge < -0.3 is 14.7 Å². The van der Waals surface area contributed by atoms with Gasteiger partial charge in [-0.05, 0) is 46.5 Å². The van der Waals surface area contributed by atoms with Crippen LogP contribution in [0.3, 0.4) is 0 Å². The predicted octanol–water partition coefficient (Wildman–Crippen LogP) is 5.28. The summed E-state index contributed by atoms with van der Waals surface area (Å²) in [5.41, 5.74) is -0.463. The van der Waals surface area contributed by atoms with E-state index in [4.69, 9.17) is 4.74 Å². The number of rotatable bonds is 1. The molecule has 1 heterocycles. The molecule has 2 fully saturated rings. The standard InChI is InChI=1S/C21H39NO3/c1-21(2,3)25-20(24)22-16-12-14-18(22)17-13-10-8-6-4-5-7-9-11-15-19(17)23/h17-19,23H,4-16H2,1-3H3. The molecule has 25 heavy (non-hydrogen) atoms. The second-order valence-corrected chi connectivity index (χ2v) is 9.02. The Labute approximate surface area is 154 Å². The molecule has 4 heteroatoms. The van der Waals surface area contributed by atoms with E-state index in [-0.39, 0.29) is 24.2 Å². The Morgan fingerprint density at radius 3 is 2.04 bits per heavy atom. The van der Waals surface area contributed by atoms with Crippen LogP contribution in [0.15, 0.2) is 0 Å². The maximum Gasteiger partial charge on any atom is 0.410 e. The monoisotopic (exact) mass is 353 g/mol. The van der Waals surface area contributed by atoms with Gasteiger partial charge in [0.2, 0.25) is 0 Å². The normalized spacial score (nSPS) is 30.4. The van der Waals surface area contributed by atoms with Crippen LogP contribution in [0.25, 0.3) is 0 Å².